The van der Waals surface area contributed by atoms with Crippen LogP contribution in [0.2, 0.25) is 0 Å². The molecule has 0 aromatic carbocycles. The minimum atomic E-state index is 0.0512. The van der Waals surface area contributed by atoms with E-state index in [2.05, 4.69) is 11.6 Å². The van der Waals surface area contributed by atoms with E-state index in [9.17, 15) is 4.79 Å². The molecule has 3 nitrogen and oxygen atoms in total. The first-order valence-electron chi connectivity index (χ1n) is 4.91. The van der Waals surface area contributed by atoms with Crippen LogP contribution in [0.25, 0.3) is 0 Å². The summed E-state index contributed by atoms with van der Waals surface area (Å²) in [5.74, 6) is 0.761. The summed E-state index contributed by atoms with van der Waals surface area (Å²) in [6.45, 7) is 5.83. The highest BCUT2D eigenvalue weighted by Gasteiger charge is 2.30. The maximum atomic E-state index is 11.7. The quantitative estimate of drug-likeness (QED) is 0.630. The number of hydrogen-bond acceptors (Lipinski definition) is 3. The molecule has 1 heterocycles. The molecule has 0 aromatic heterocycles. The standard InChI is InChI=1S/C11H14N2O/c1-6-7(2)11(12)13-8-4-3-5-9(14)10(6)8/h6H,2-5H2,1H3,(H2,12,13). The Balaban J connectivity index is 2.51. The lowest BCUT2D eigenvalue weighted by atomic mass is 9.81. The van der Waals surface area contributed by atoms with Gasteiger partial charge in [0.15, 0.2) is 5.78 Å². The van der Waals surface area contributed by atoms with E-state index in [1.54, 1.807) is 0 Å². The van der Waals surface area contributed by atoms with Gasteiger partial charge < -0.3 is 5.73 Å². The zero-order valence-corrected chi connectivity index (χ0v) is 8.34. The molecule has 0 bridgehead atoms. The van der Waals surface area contributed by atoms with Crippen LogP contribution in [0.1, 0.15) is 26.2 Å². The first kappa shape index (κ1) is 9.19. The Morgan fingerprint density at radius 2 is 2.21 bits per heavy atom. The molecule has 0 spiro atoms. The lowest BCUT2D eigenvalue weighted by molar-refractivity contribution is -0.116. The van der Waals surface area contributed by atoms with E-state index in [0.717, 1.165) is 29.7 Å². The smallest absolute Gasteiger partial charge is 0.161 e. The number of nitrogens with two attached hydrogens (primary N) is 1. The number of Topliss-reactive ketones (excluding diaryl/α,β-unsaturated/α-hetero) is 1. The Morgan fingerprint density at radius 1 is 1.50 bits per heavy atom. The molecule has 1 aliphatic carbocycles. The number of hydrogen-bond donors (Lipinski definition) is 1. The molecular weight excluding hydrogens is 176 g/mol. The second-order valence-corrected chi connectivity index (χ2v) is 3.88. The molecule has 0 radical (unpaired) electrons. The van der Waals surface area contributed by atoms with Gasteiger partial charge in [-0.1, -0.05) is 13.5 Å². The fraction of sp³-hybridized carbons (Fsp3) is 0.455. The van der Waals surface area contributed by atoms with Crippen molar-refractivity contribution in [3.63, 3.8) is 0 Å². The second-order valence-electron chi connectivity index (χ2n) is 3.88. The van der Waals surface area contributed by atoms with Crippen molar-refractivity contribution < 1.29 is 4.79 Å². The topological polar surface area (TPSA) is 55.4 Å². The number of carbonyl (C=O) groups excluding carboxylic acids is 1. The molecule has 1 atom stereocenters. The van der Waals surface area contributed by atoms with E-state index in [0.29, 0.717) is 12.3 Å². The molecule has 0 aromatic rings. The van der Waals surface area contributed by atoms with Gasteiger partial charge in [-0.3, -0.25) is 4.79 Å². The Bertz CT molecular complexity index is 377. The fourth-order valence-corrected chi connectivity index (χ4v) is 2.07. The Kier molecular flexibility index (Phi) is 2.02. The molecular formula is C11H14N2O. The number of carbonyl (C=O) groups is 1. The third-order valence-electron chi connectivity index (χ3n) is 2.97. The molecule has 2 N–H and O–H groups in total. The number of aliphatic imine (C=N–C) groups is 1. The van der Waals surface area contributed by atoms with Crippen molar-refractivity contribution in [3.8, 4) is 0 Å². The number of ketones is 1. The van der Waals surface area contributed by atoms with Crippen molar-refractivity contribution in [2.75, 3.05) is 0 Å². The van der Waals surface area contributed by atoms with Crippen LogP contribution in [0.3, 0.4) is 0 Å². The van der Waals surface area contributed by atoms with E-state index in [-0.39, 0.29) is 11.7 Å². The number of allylic oxidation sites excluding steroid dienone is 2. The minimum Gasteiger partial charge on any atom is -0.383 e. The predicted octanol–water partition coefficient (Wildman–Crippen LogP) is 1.56. The van der Waals surface area contributed by atoms with Gasteiger partial charge in [-0.2, -0.15) is 0 Å². The van der Waals surface area contributed by atoms with Crippen LogP contribution < -0.4 is 5.73 Å². The van der Waals surface area contributed by atoms with Gasteiger partial charge in [-0.05, 0) is 18.4 Å². The molecule has 14 heavy (non-hydrogen) atoms. The summed E-state index contributed by atoms with van der Waals surface area (Å²) >= 11 is 0. The van der Waals surface area contributed by atoms with E-state index >= 15 is 0 Å². The molecule has 1 aliphatic heterocycles. The zero-order chi connectivity index (χ0) is 10.3. The molecule has 2 aliphatic rings. The van der Waals surface area contributed by atoms with Crippen molar-refractivity contribution in [2.24, 2.45) is 16.6 Å². The van der Waals surface area contributed by atoms with Gasteiger partial charge in [0.2, 0.25) is 0 Å². The fourth-order valence-electron chi connectivity index (χ4n) is 2.07. The maximum Gasteiger partial charge on any atom is 0.161 e. The molecule has 0 fully saturated rings. The normalized spacial score (nSPS) is 27.5. The Labute approximate surface area is 83.4 Å². The van der Waals surface area contributed by atoms with Crippen LogP contribution in [0, 0.1) is 5.92 Å². The molecule has 0 saturated heterocycles. The number of amidine groups is 1. The summed E-state index contributed by atoms with van der Waals surface area (Å²) in [5, 5.41) is 0. The van der Waals surface area contributed by atoms with Crippen molar-refractivity contribution in [2.45, 2.75) is 26.2 Å². The lowest BCUT2D eigenvalue weighted by Crippen LogP contribution is -2.29. The van der Waals surface area contributed by atoms with Crippen molar-refractivity contribution in [1.29, 1.82) is 0 Å². The highest BCUT2D eigenvalue weighted by atomic mass is 16.1. The van der Waals surface area contributed by atoms with Gasteiger partial charge >= 0.3 is 0 Å². The van der Waals surface area contributed by atoms with Crippen LogP contribution >= 0.6 is 0 Å². The van der Waals surface area contributed by atoms with Crippen molar-refractivity contribution in [3.05, 3.63) is 23.4 Å². The van der Waals surface area contributed by atoms with Gasteiger partial charge in [0.25, 0.3) is 0 Å². The summed E-state index contributed by atoms with van der Waals surface area (Å²) in [4.78, 5) is 15.9. The van der Waals surface area contributed by atoms with Gasteiger partial charge in [0.1, 0.15) is 5.84 Å². The van der Waals surface area contributed by atoms with Gasteiger partial charge in [0, 0.05) is 17.9 Å². The third-order valence-corrected chi connectivity index (χ3v) is 2.97. The SMILES string of the molecule is C=C1C(N)=NC2=C(C(=O)CCC2)C1C. The lowest BCUT2D eigenvalue weighted by Gasteiger charge is -2.27. The van der Waals surface area contributed by atoms with Crippen LogP contribution in [0.15, 0.2) is 28.4 Å². The summed E-state index contributed by atoms with van der Waals surface area (Å²) in [6, 6.07) is 0. The summed E-state index contributed by atoms with van der Waals surface area (Å²) in [7, 11) is 0. The summed E-state index contributed by atoms with van der Waals surface area (Å²) in [5.41, 5.74) is 8.23. The number of rotatable bonds is 0. The van der Waals surface area contributed by atoms with Crippen molar-refractivity contribution in [1.82, 2.24) is 0 Å². The summed E-state index contributed by atoms with van der Waals surface area (Å²) < 4.78 is 0. The first-order chi connectivity index (χ1) is 6.61. The first-order valence-corrected chi connectivity index (χ1v) is 4.91. The molecule has 0 amide bonds. The third kappa shape index (κ3) is 1.20. The molecule has 1 unspecified atom stereocenters. The van der Waals surface area contributed by atoms with Crippen LogP contribution in [0.5, 0.6) is 0 Å². The van der Waals surface area contributed by atoms with E-state index in [1.165, 1.54) is 0 Å². The van der Waals surface area contributed by atoms with E-state index in [4.69, 9.17) is 5.73 Å². The van der Waals surface area contributed by atoms with Crippen LogP contribution in [-0.4, -0.2) is 11.6 Å². The molecule has 0 saturated carbocycles. The highest BCUT2D eigenvalue weighted by molar-refractivity contribution is 6.06. The molecule has 2 rings (SSSR count). The largest absolute Gasteiger partial charge is 0.383 e. The van der Waals surface area contributed by atoms with Gasteiger partial charge in [-0.25, -0.2) is 4.99 Å². The second kappa shape index (κ2) is 3.08. The van der Waals surface area contributed by atoms with Crippen molar-refractivity contribution >= 4 is 11.6 Å². The predicted molar refractivity (Wildman–Crippen MR) is 55.8 cm³/mol. The summed E-state index contributed by atoms with van der Waals surface area (Å²) in [6.07, 6.45) is 2.42. The minimum absolute atomic E-state index is 0.0512. The highest BCUT2D eigenvalue weighted by Crippen LogP contribution is 2.34. The van der Waals surface area contributed by atoms with Crippen LogP contribution in [-0.2, 0) is 4.79 Å². The Hall–Kier alpha value is -1.38. The maximum absolute atomic E-state index is 11.7. The van der Waals surface area contributed by atoms with E-state index in [1.807, 2.05) is 6.92 Å². The molecule has 74 valence electrons. The Morgan fingerprint density at radius 3 is 2.93 bits per heavy atom. The monoisotopic (exact) mass is 190 g/mol. The van der Waals surface area contributed by atoms with Gasteiger partial charge in [0.05, 0.1) is 5.70 Å². The van der Waals surface area contributed by atoms with Gasteiger partial charge in [-0.15, -0.1) is 0 Å². The zero-order valence-electron chi connectivity index (χ0n) is 8.34. The molecule has 3 heteroatoms. The number of nitrogens with zero attached hydrogens (tertiary/aromatic N) is 1. The van der Waals surface area contributed by atoms with E-state index < -0.39 is 0 Å². The average Bonchev–Trinajstić information content (AvgIpc) is 2.14. The average molecular weight is 190 g/mol. The van der Waals surface area contributed by atoms with Crippen LogP contribution in [0.4, 0.5) is 0 Å².